The third-order valence-electron chi connectivity index (χ3n) is 5.02. The Morgan fingerprint density at radius 1 is 1.03 bits per heavy atom. The van der Waals surface area contributed by atoms with E-state index in [0.29, 0.717) is 18.0 Å². The second kappa shape index (κ2) is 7.64. The standard InChI is InChI=1S/C23H19FN6O/c1-15-13-29(14-26-15)20-8-3-16(11-21(20)31-2)12-22-27-23-25-10-9-19(30(23)28-22)17-4-6-18(24)7-5-17/h3-11,13-14H,12H2,1-2H3. The van der Waals surface area contributed by atoms with Crippen LogP contribution in [-0.4, -0.2) is 36.2 Å². The van der Waals surface area contributed by atoms with Crippen molar-refractivity contribution in [1.82, 2.24) is 29.1 Å². The molecule has 3 heterocycles. The summed E-state index contributed by atoms with van der Waals surface area (Å²) in [6.45, 7) is 1.95. The van der Waals surface area contributed by atoms with Crippen LogP contribution in [0, 0.1) is 12.7 Å². The summed E-state index contributed by atoms with van der Waals surface area (Å²) in [5.74, 6) is 1.59. The minimum atomic E-state index is -0.281. The Morgan fingerprint density at radius 2 is 1.87 bits per heavy atom. The molecule has 0 aliphatic carbocycles. The van der Waals surface area contributed by atoms with E-state index in [1.165, 1.54) is 12.1 Å². The lowest BCUT2D eigenvalue weighted by molar-refractivity contribution is 0.412. The quantitative estimate of drug-likeness (QED) is 0.434. The Morgan fingerprint density at radius 3 is 2.61 bits per heavy atom. The first kappa shape index (κ1) is 18.9. The topological polar surface area (TPSA) is 70.1 Å². The van der Waals surface area contributed by atoms with Gasteiger partial charge in [-0.3, -0.25) is 0 Å². The summed E-state index contributed by atoms with van der Waals surface area (Å²) in [5, 5.41) is 4.64. The highest BCUT2D eigenvalue weighted by molar-refractivity contribution is 5.61. The summed E-state index contributed by atoms with van der Waals surface area (Å²) >= 11 is 0. The number of hydrogen-bond acceptors (Lipinski definition) is 5. The van der Waals surface area contributed by atoms with E-state index in [1.54, 1.807) is 36.3 Å². The first-order chi connectivity index (χ1) is 15.1. The molecule has 0 saturated heterocycles. The van der Waals surface area contributed by atoms with Crippen molar-refractivity contribution in [2.24, 2.45) is 0 Å². The van der Waals surface area contributed by atoms with Crippen molar-refractivity contribution in [2.75, 3.05) is 7.11 Å². The lowest BCUT2D eigenvalue weighted by atomic mass is 10.1. The molecule has 8 heteroatoms. The molecule has 0 unspecified atom stereocenters. The molecule has 0 aliphatic rings. The highest BCUT2D eigenvalue weighted by Gasteiger charge is 2.13. The van der Waals surface area contributed by atoms with Gasteiger partial charge in [0.1, 0.15) is 11.6 Å². The largest absolute Gasteiger partial charge is 0.495 e. The number of halogens is 1. The van der Waals surface area contributed by atoms with Crippen molar-refractivity contribution in [3.8, 4) is 22.7 Å². The number of imidazole rings is 1. The predicted molar refractivity (Wildman–Crippen MR) is 114 cm³/mol. The SMILES string of the molecule is COc1cc(Cc2nc3nccc(-c4ccc(F)cc4)n3n2)ccc1-n1cnc(C)c1. The second-order valence-corrected chi connectivity index (χ2v) is 7.18. The molecule has 154 valence electrons. The zero-order valence-electron chi connectivity index (χ0n) is 17.0. The van der Waals surface area contributed by atoms with Crippen molar-refractivity contribution in [3.05, 3.63) is 90.2 Å². The minimum absolute atomic E-state index is 0.281. The molecule has 3 aromatic heterocycles. The summed E-state index contributed by atoms with van der Waals surface area (Å²) in [7, 11) is 1.65. The molecule has 0 spiro atoms. The van der Waals surface area contributed by atoms with Crippen molar-refractivity contribution in [1.29, 1.82) is 0 Å². The maximum absolute atomic E-state index is 13.3. The number of fused-ring (bicyclic) bond motifs is 1. The van der Waals surface area contributed by atoms with Crippen LogP contribution in [0.2, 0.25) is 0 Å². The van der Waals surface area contributed by atoms with Gasteiger partial charge in [0.2, 0.25) is 0 Å². The lowest BCUT2D eigenvalue weighted by Gasteiger charge is -2.10. The van der Waals surface area contributed by atoms with E-state index in [4.69, 9.17) is 4.74 Å². The molecule has 5 rings (SSSR count). The molecule has 31 heavy (non-hydrogen) atoms. The Bertz CT molecular complexity index is 1370. The van der Waals surface area contributed by atoms with Crippen LogP contribution >= 0.6 is 0 Å². The summed E-state index contributed by atoms with van der Waals surface area (Å²) in [6.07, 6.45) is 5.91. The number of methoxy groups -OCH3 is 1. The van der Waals surface area contributed by atoms with Crippen molar-refractivity contribution >= 4 is 5.78 Å². The fourth-order valence-corrected chi connectivity index (χ4v) is 3.53. The monoisotopic (exact) mass is 414 g/mol. The van der Waals surface area contributed by atoms with Crippen LogP contribution in [0.25, 0.3) is 22.7 Å². The van der Waals surface area contributed by atoms with Gasteiger partial charge in [-0.2, -0.15) is 9.50 Å². The molecule has 0 fully saturated rings. The van der Waals surface area contributed by atoms with Crippen LogP contribution in [0.3, 0.4) is 0 Å². The molecule has 2 aromatic carbocycles. The molecule has 0 atom stereocenters. The van der Waals surface area contributed by atoms with E-state index in [0.717, 1.165) is 34.0 Å². The molecule has 0 bridgehead atoms. The maximum atomic E-state index is 13.3. The molecular weight excluding hydrogens is 395 g/mol. The predicted octanol–water partition coefficient (Wildman–Crippen LogP) is 4.02. The van der Waals surface area contributed by atoms with Gasteiger partial charge in [-0.25, -0.2) is 14.4 Å². The molecule has 7 nitrogen and oxygen atoms in total. The fourth-order valence-electron chi connectivity index (χ4n) is 3.53. The molecule has 0 saturated carbocycles. The molecule has 5 aromatic rings. The average molecular weight is 414 g/mol. The van der Waals surface area contributed by atoms with Gasteiger partial charge in [0.25, 0.3) is 5.78 Å². The Kier molecular flexibility index (Phi) is 4.66. The maximum Gasteiger partial charge on any atom is 0.252 e. The first-order valence-electron chi connectivity index (χ1n) is 9.75. The Hall–Kier alpha value is -4.07. The number of rotatable bonds is 5. The van der Waals surface area contributed by atoms with Gasteiger partial charge in [-0.05, 0) is 55.0 Å². The van der Waals surface area contributed by atoms with Crippen LogP contribution < -0.4 is 4.74 Å². The summed E-state index contributed by atoms with van der Waals surface area (Å²) in [5.41, 5.74) is 4.50. The highest BCUT2D eigenvalue weighted by atomic mass is 19.1. The van der Waals surface area contributed by atoms with Crippen LogP contribution in [-0.2, 0) is 6.42 Å². The van der Waals surface area contributed by atoms with Gasteiger partial charge in [0.05, 0.1) is 30.5 Å². The Balaban J connectivity index is 1.48. The Labute approximate surface area is 177 Å². The molecule has 0 amide bonds. The van der Waals surface area contributed by atoms with E-state index in [1.807, 2.05) is 42.0 Å². The highest BCUT2D eigenvalue weighted by Crippen LogP contribution is 2.26. The minimum Gasteiger partial charge on any atom is -0.495 e. The van der Waals surface area contributed by atoms with Gasteiger partial charge in [-0.1, -0.05) is 6.07 Å². The fraction of sp³-hybridized carbons (Fsp3) is 0.130. The van der Waals surface area contributed by atoms with Gasteiger partial charge in [0.15, 0.2) is 5.82 Å². The van der Waals surface area contributed by atoms with Crippen molar-refractivity contribution < 1.29 is 9.13 Å². The van der Waals surface area contributed by atoms with Gasteiger partial charge in [-0.15, -0.1) is 5.10 Å². The number of aryl methyl sites for hydroxylation is 1. The number of benzene rings is 2. The van der Waals surface area contributed by atoms with E-state index < -0.39 is 0 Å². The van der Waals surface area contributed by atoms with Gasteiger partial charge >= 0.3 is 0 Å². The molecular formula is C23H19FN6O. The zero-order chi connectivity index (χ0) is 21.4. The molecule has 0 aliphatic heterocycles. The lowest BCUT2D eigenvalue weighted by Crippen LogP contribution is -1.99. The first-order valence-corrected chi connectivity index (χ1v) is 9.75. The van der Waals surface area contributed by atoms with E-state index >= 15 is 0 Å². The zero-order valence-corrected chi connectivity index (χ0v) is 17.0. The molecule has 0 N–H and O–H groups in total. The van der Waals surface area contributed by atoms with Gasteiger partial charge in [0, 0.05) is 24.4 Å². The smallest absolute Gasteiger partial charge is 0.252 e. The summed E-state index contributed by atoms with van der Waals surface area (Å²) < 4.78 is 22.5. The van der Waals surface area contributed by atoms with E-state index in [9.17, 15) is 4.39 Å². The molecule has 0 radical (unpaired) electrons. The third-order valence-corrected chi connectivity index (χ3v) is 5.02. The average Bonchev–Trinajstić information content (AvgIpc) is 3.39. The van der Waals surface area contributed by atoms with Crippen LogP contribution in [0.4, 0.5) is 4.39 Å². The number of nitrogens with zero attached hydrogens (tertiary/aromatic N) is 6. The third kappa shape index (κ3) is 3.63. The van der Waals surface area contributed by atoms with Crippen molar-refractivity contribution in [2.45, 2.75) is 13.3 Å². The second-order valence-electron chi connectivity index (χ2n) is 7.18. The van der Waals surface area contributed by atoms with Crippen LogP contribution in [0.1, 0.15) is 17.1 Å². The normalized spacial score (nSPS) is 11.2. The van der Waals surface area contributed by atoms with Gasteiger partial charge < -0.3 is 9.30 Å². The van der Waals surface area contributed by atoms with Crippen molar-refractivity contribution in [3.63, 3.8) is 0 Å². The summed E-state index contributed by atoms with van der Waals surface area (Å²) in [4.78, 5) is 13.2. The van der Waals surface area contributed by atoms with Crippen LogP contribution in [0.15, 0.2) is 67.3 Å². The summed E-state index contributed by atoms with van der Waals surface area (Å²) in [6, 6.07) is 14.1. The van der Waals surface area contributed by atoms with Crippen LogP contribution in [0.5, 0.6) is 5.75 Å². The number of aromatic nitrogens is 6. The van der Waals surface area contributed by atoms with E-state index in [-0.39, 0.29) is 5.82 Å². The van der Waals surface area contributed by atoms with E-state index in [2.05, 4.69) is 20.1 Å². The number of hydrogen-bond donors (Lipinski definition) is 0. The number of ether oxygens (including phenoxy) is 1.